The quantitative estimate of drug-likeness (QED) is 0.526. The van der Waals surface area contributed by atoms with Gasteiger partial charge in [-0.2, -0.15) is 0 Å². The highest BCUT2D eigenvalue weighted by Gasteiger charge is 2.22. The maximum Gasteiger partial charge on any atom is 0.252 e. The lowest BCUT2D eigenvalue weighted by Gasteiger charge is -2.19. The number of anilines is 2. The Hall–Kier alpha value is -3.19. The molecule has 4 aromatic rings. The van der Waals surface area contributed by atoms with Crippen LogP contribution in [0.3, 0.4) is 0 Å². The zero-order valence-electron chi connectivity index (χ0n) is 14.9. The fourth-order valence-corrected chi connectivity index (χ4v) is 3.73. The maximum absolute atomic E-state index is 12.9. The number of nitrogens with zero attached hydrogens (tertiary/aromatic N) is 2. The lowest BCUT2D eigenvalue weighted by Crippen LogP contribution is -2.27. The minimum atomic E-state index is -0.574. The Morgan fingerprint density at radius 2 is 1.93 bits per heavy atom. The number of rotatable bonds is 5. The third-order valence-electron chi connectivity index (χ3n) is 4.08. The van der Waals surface area contributed by atoms with Crippen molar-refractivity contribution in [1.82, 2.24) is 10.1 Å². The number of amides is 1. The van der Waals surface area contributed by atoms with Gasteiger partial charge in [0.1, 0.15) is 11.8 Å². The largest absolute Gasteiger partial charge is 0.370 e. The highest BCUT2D eigenvalue weighted by Crippen LogP contribution is 2.28. The molecule has 0 aliphatic rings. The summed E-state index contributed by atoms with van der Waals surface area (Å²) in [5, 5.41) is 11.0. The van der Waals surface area contributed by atoms with Gasteiger partial charge in [-0.1, -0.05) is 35.5 Å². The molecule has 0 fully saturated rings. The molecule has 2 N–H and O–H groups in total. The molecule has 0 radical (unpaired) electrons. The van der Waals surface area contributed by atoms with E-state index in [9.17, 15) is 4.79 Å². The van der Waals surface area contributed by atoms with Crippen molar-refractivity contribution >= 4 is 39.0 Å². The number of hydrogen-bond acceptors (Lipinski definition) is 6. The lowest BCUT2D eigenvalue weighted by molar-refractivity contribution is -0.117. The van der Waals surface area contributed by atoms with Crippen LogP contribution in [0.25, 0.3) is 10.2 Å². The first kappa shape index (κ1) is 17.2. The van der Waals surface area contributed by atoms with E-state index in [4.69, 9.17) is 4.52 Å². The second-order valence-corrected chi connectivity index (χ2v) is 7.45. The van der Waals surface area contributed by atoms with E-state index < -0.39 is 6.04 Å². The van der Waals surface area contributed by atoms with Gasteiger partial charge in [0.05, 0.1) is 15.2 Å². The Bertz CT molecular complexity index is 1090. The standard InChI is InChI=1S/C20H18N4O2S/c1-12-10-18(24-26-12)23-20(25)19(14-6-4-3-5-7-14)22-15-8-9-16-17(11-15)27-13(2)21-16/h3-11,19,22H,1-2H3,(H,23,24,25). The van der Waals surface area contributed by atoms with Crippen molar-refractivity contribution < 1.29 is 9.32 Å². The number of hydrogen-bond donors (Lipinski definition) is 2. The van der Waals surface area contributed by atoms with Gasteiger partial charge in [-0.3, -0.25) is 4.79 Å². The molecule has 2 heterocycles. The monoisotopic (exact) mass is 378 g/mol. The highest BCUT2D eigenvalue weighted by molar-refractivity contribution is 7.18. The summed E-state index contributed by atoms with van der Waals surface area (Å²) in [5.74, 6) is 0.824. The van der Waals surface area contributed by atoms with Gasteiger partial charge in [0, 0.05) is 11.8 Å². The molecule has 0 spiro atoms. The van der Waals surface area contributed by atoms with E-state index >= 15 is 0 Å². The van der Waals surface area contributed by atoms with Gasteiger partial charge in [0.2, 0.25) is 0 Å². The molecule has 1 unspecified atom stereocenters. The number of aromatic nitrogens is 2. The molecule has 0 saturated heterocycles. The van der Waals surface area contributed by atoms with E-state index in [0.717, 1.165) is 26.5 Å². The van der Waals surface area contributed by atoms with Crippen molar-refractivity contribution in [2.45, 2.75) is 19.9 Å². The van der Waals surface area contributed by atoms with Crippen molar-refractivity contribution in [2.75, 3.05) is 10.6 Å². The summed E-state index contributed by atoms with van der Waals surface area (Å²) in [7, 11) is 0. The molecular formula is C20H18N4O2S. The van der Waals surface area contributed by atoms with Crippen LogP contribution in [0.4, 0.5) is 11.5 Å². The number of thiazole rings is 1. The van der Waals surface area contributed by atoms with Gasteiger partial charge < -0.3 is 15.2 Å². The molecular weight excluding hydrogens is 360 g/mol. The Balaban J connectivity index is 1.63. The molecule has 1 amide bonds. The first-order valence-electron chi connectivity index (χ1n) is 8.51. The van der Waals surface area contributed by atoms with E-state index in [1.54, 1.807) is 24.3 Å². The van der Waals surface area contributed by atoms with Crippen LogP contribution in [0.5, 0.6) is 0 Å². The van der Waals surface area contributed by atoms with Crippen LogP contribution < -0.4 is 10.6 Å². The van der Waals surface area contributed by atoms with E-state index in [1.165, 1.54) is 0 Å². The number of benzene rings is 2. The fraction of sp³-hybridized carbons (Fsp3) is 0.150. The third kappa shape index (κ3) is 3.83. The number of nitrogens with one attached hydrogen (secondary N) is 2. The number of carbonyl (C=O) groups is 1. The van der Waals surface area contributed by atoms with Gasteiger partial charge in [-0.25, -0.2) is 4.98 Å². The first-order valence-corrected chi connectivity index (χ1v) is 9.33. The average Bonchev–Trinajstić information content (AvgIpc) is 3.24. The van der Waals surface area contributed by atoms with Crippen molar-refractivity contribution in [3.8, 4) is 0 Å². The van der Waals surface area contributed by atoms with Crippen molar-refractivity contribution in [3.63, 3.8) is 0 Å². The molecule has 1 atom stereocenters. The van der Waals surface area contributed by atoms with Crippen LogP contribution in [0.2, 0.25) is 0 Å². The van der Waals surface area contributed by atoms with Gasteiger partial charge in [-0.05, 0) is 37.6 Å². The first-order chi connectivity index (χ1) is 13.1. The minimum Gasteiger partial charge on any atom is -0.370 e. The van der Waals surface area contributed by atoms with E-state index in [-0.39, 0.29) is 5.91 Å². The van der Waals surface area contributed by atoms with Crippen LogP contribution >= 0.6 is 11.3 Å². The van der Waals surface area contributed by atoms with Crippen LogP contribution in [-0.2, 0) is 4.79 Å². The fourth-order valence-electron chi connectivity index (χ4n) is 2.87. The van der Waals surface area contributed by atoms with Crippen molar-refractivity contribution in [2.24, 2.45) is 0 Å². The summed E-state index contributed by atoms with van der Waals surface area (Å²) < 4.78 is 6.11. The summed E-state index contributed by atoms with van der Waals surface area (Å²) >= 11 is 1.63. The smallest absolute Gasteiger partial charge is 0.252 e. The summed E-state index contributed by atoms with van der Waals surface area (Å²) in [6.45, 7) is 3.76. The Morgan fingerprint density at radius 1 is 1.11 bits per heavy atom. The van der Waals surface area contributed by atoms with E-state index in [0.29, 0.717) is 11.6 Å². The van der Waals surface area contributed by atoms with Crippen LogP contribution in [0.1, 0.15) is 22.4 Å². The topological polar surface area (TPSA) is 80.0 Å². The molecule has 4 rings (SSSR count). The molecule has 2 aromatic heterocycles. The Morgan fingerprint density at radius 3 is 2.67 bits per heavy atom. The summed E-state index contributed by atoms with van der Waals surface area (Å²) in [4.78, 5) is 17.4. The molecule has 2 aromatic carbocycles. The van der Waals surface area contributed by atoms with Crippen molar-refractivity contribution in [1.29, 1.82) is 0 Å². The summed E-state index contributed by atoms with van der Waals surface area (Å²) in [6.07, 6.45) is 0. The third-order valence-corrected chi connectivity index (χ3v) is 5.01. The molecule has 27 heavy (non-hydrogen) atoms. The van der Waals surface area contributed by atoms with Crippen molar-refractivity contribution in [3.05, 3.63) is 70.9 Å². The lowest BCUT2D eigenvalue weighted by atomic mass is 10.1. The molecule has 0 aliphatic heterocycles. The molecule has 136 valence electrons. The van der Waals surface area contributed by atoms with Gasteiger partial charge in [0.15, 0.2) is 5.82 Å². The van der Waals surface area contributed by atoms with Gasteiger partial charge in [-0.15, -0.1) is 11.3 Å². The number of aryl methyl sites for hydroxylation is 2. The molecule has 0 aliphatic carbocycles. The predicted molar refractivity (Wildman–Crippen MR) is 107 cm³/mol. The Kier molecular flexibility index (Phi) is 4.60. The van der Waals surface area contributed by atoms with E-state index in [2.05, 4.69) is 20.8 Å². The van der Waals surface area contributed by atoms with Crippen LogP contribution in [0, 0.1) is 13.8 Å². The number of carbonyl (C=O) groups excluding carboxylic acids is 1. The maximum atomic E-state index is 12.9. The predicted octanol–water partition coefficient (Wildman–Crippen LogP) is 4.69. The summed E-state index contributed by atoms with van der Waals surface area (Å²) in [6, 6.07) is 16.6. The Labute approximate surface area is 160 Å². The second-order valence-electron chi connectivity index (χ2n) is 6.22. The second kappa shape index (κ2) is 7.20. The van der Waals surface area contributed by atoms with Crippen LogP contribution in [0.15, 0.2) is 59.1 Å². The van der Waals surface area contributed by atoms with E-state index in [1.807, 2.05) is 55.5 Å². The summed E-state index contributed by atoms with van der Waals surface area (Å²) in [5.41, 5.74) is 2.67. The zero-order valence-corrected chi connectivity index (χ0v) is 15.7. The van der Waals surface area contributed by atoms with Crippen LogP contribution in [-0.4, -0.2) is 16.0 Å². The van der Waals surface area contributed by atoms with Gasteiger partial charge >= 0.3 is 0 Å². The zero-order chi connectivity index (χ0) is 18.8. The van der Waals surface area contributed by atoms with Gasteiger partial charge in [0.25, 0.3) is 5.91 Å². The molecule has 0 saturated carbocycles. The molecule has 0 bridgehead atoms. The normalized spacial score (nSPS) is 12.1. The molecule has 6 nitrogen and oxygen atoms in total. The average molecular weight is 378 g/mol. The minimum absolute atomic E-state index is 0.213. The molecule has 7 heteroatoms. The SMILES string of the molecule is Cc1cc(NC(=O)C(Nc2ccc3nc(C)sc3c2)c2ccccc2)no1. The number of fused-ring (bicyclic) bond motifs is 1. The highest BCUT2D eigenvalue weighted by atomic mass is 32.1.